The molecule has 4 rings (SSSR count). The van der Waals surface area contributed by atoms with Gasteiger partial charge in [-0.3, -0.25) is 4.68 Å². The van der Waals surface area contributed by atoms with E-state index in [1.807, 2.05) is 50.6 Å². The molecule has 0 saturated carbocycles. The molecular formula is C17H16N6O. The maximum atomic E-state index is 6.05. The quantitative estimate of drug-likeness (QED) is 0.587. The first-order chi connectivity index (χ1) is 11.6. The summed E-state index contributed by atoms with van der Waals surface area (Å²) in [6.45, 7) is 1.92. The number of nitrogen functional groups attached to an aromatic ring is 1. The maximum absolute atomic E-state index is 6.05. The summed E-state index contributed by atoms with van der Waals surface area (Å²) < 4.78 is 9.52. The van der Waals surface area contributed by atoms with Crippen molar-refractivity contribution in [3.8, 4) is 22.9 Å². The highest BCUT2D eigenvalue weighted by Crippen LogP contribution is 2.31. The van der Waals surface area contributed by atoms with E-state index in [9.17, 15) is 0 Å². The number of benzene rings is 1. The van der Waals surface area contributed by atoms with Crippen molar-refractivity contribution in [2.24, 2.45) is 7.05 Å². The Labute approximate surface area is 138 Å². The van der Waals surface area contributed by atoms with Gasteiger partial charge in [-0.25, -0.2) is 9.50 Å². The lowest BCUT2D eigenvalue weighted by atomic mass is 10.2. The van der Waals surface area contributed by atoms with Crippen LogP contribution in [-0.4, -0.2) is 24.4 Å². The lowest BCUT2D eigenvalue weighted by molar-refractivity contribution is 0.463. The lowest BCUT2D eigenvalue weighted by Crippen LogP contribution is -1.99. The van der Waals surface area contributed by atoms with Crippen LogP contribution in [0.5, 0.6) is 11.6 Å². The van der Waals surface area contributed by atoms with Crippen LogP contribution in [-0.2, 0) is 7.05 Å². The third-order valence-corrected chi connectivity index (χ3v) is 3.89. The number of anilines is 1. The van der Waals surface area contributed by atoms with E-state index in [1.165, 1.54) is 0 Å². The second-order valence-corrected chi connectivity index (χ2v) is 5.57. The van der Waals surface area contributed by atoms with E-state index < -0.39 is 0 Å². The molecule has 0 amide bonds. The van der Waals surface area contributed by atoms with Gasteiger partial charge in [-0.15, -0.1) is 0 Å². The van der Waals surface area contributed by atoms with E-state index in [0.29, 0.717) is 17.3 Å². The van der Waals surface area contributed by atoms with Gasteiger partial charge < -0.3 is 10.5 Å². The number of aryl methyl sites for hydroxylation is 1. The average molecular weight is 320 g/mol. The summed E-state index contributed by atoms with van der Waals surface area (Å²) in [7, 11) is 1.86. The normalized spacial score (nSPS) is 11.1. The van der Waals surface area contributed by atoms with Gasteiger partial charge in [-0.05, 0) is 25.1 Å². The Morgan fingerprint density at radius 1 is 1.12 bits per heavy atom. The number of ether oxygens (including phenoxy) is 1. The fourth-order valence-corrected chi connectivity index (χ4v) is 2.51. The predicted molar refractivity (Wildman–Crippen MR) is 90.9 cm³/mol. The van der Waals surface area contributed by atoms with Crippen LogP contribution < -0.4 is 10.5 Å². The molecule has 24 heavy (non-hydrogen) atoms. The fraction of sp³-hybridized carbons (Fsp3) is 0.118. The van der Waals surface area contributed by atoms with Crippen LogP contribution in [0, 0.1) is 6.92 Å². The van der Waals surface area contributed by atoms with Crippen molar-refractivity contribution in [2.75, 3.05) is 5.73 Å². The Balaban J connectivity index is 1.84. The molecule has 3 heterocycles. The van der Waals surface area contributed by atoms with E-state index in [1.54, 1.807) is 21.6 Å². The molecule has 0 aliphatic heterocycles. The topological polar surface area (TPSA) is 83.3 Å². The summed E-state index contributed by atoms with van der Waals surface area (Å²) in [5.74, 6) is 1.15. The van der Waals surface area contributed by atoms with Gasteiger partial charge in [-0.2, -0.15) is 10.2 Å². The molecule has 0 spiro atoms. The number of fused-ring (bicyclic) bond motifs is 1. The molecular weight excluding hydrogens is 304 g/mol. The third-order valence-electron chi connectivity index (χ3n) is 3.89. The van der Waals surface area contributed by atoms with E-state index in [-0.39, 0.29) is 0 Å². The molecule has 3 aromatic heterocycles. The van der Waals surface area contributed by atoms with Crippen LogP contribution in [0.15, 0.2) is 49.1 Å². The Morgan fingerprint density at radius 3 is 2.79 bits per heavy atom. The van der Waals surface area contributed by atoms with Crippen molar-refractivity contribution >= 4 is 11.2 Å². The summed E-state index contributed by atoms with van der Waals surface area (Å²) in [5.41, 5.74) is 9.93. The molecule has 0 fully saturated rings. The minimum Gasteiger partial charge on any atom is -0.437 e. The number of rotatable bonds is 3. The van der Waals surface area contributed by atoms with Gasteiger partial charge in [0.1, 0.15) is 11.3 Å². The van der Waals surface area contributed by atoms with Crippen LogP contribution in [0.1, 0.15) is 5.56 Å². The molecule has 7 heteroatoms. The van der Waals surface area contributed by atoms with E-state index in [4.69, 9.17) is 10.5 Å². The number of aromatic nitrogens is 5. The molecule has 0 atom stereocenters. The van der Waals surface area contributed by atoms with Crippen LogP contribution in [0.3, 0.4) is 0 Å². The molecule has 4 aromatic rings. The zero-order chi connectivity index (χ0) is 16.7. The van der Waals surface area contributed by atoms with E-state index in [2.05, 4.69) is 15.2 Å². The van der Waals surface area contributed by atoms with Crippen molar-refractivity contribution in [3.63, 3.8) is 0 Å². The molecule has 120 valence electrons. The zero-order valence-corrected chi connectivity index (χ0v) is 13.3. The molecule has 0 aliphatic carbocycles. The van der Waals surface area contributed by atoms with Crippen molar-refractivity contribution in [1.29, 1.82) is 0 Å². The first-order valence-corrected chi connectivity index (χ1v) is 7.48. The van der Waals surface area contributed by atoms with Gasteiger partial charge >= 0.3 is 0 Å². The first kappa shape index (κ1) is 14.3. The molecule has 0 saturated heterocycles. The molecule has 0 unspecified atom stereocenters. The molecule has 7 nitrogen and oxygen atoms in total. The largest absolute Gasteiger partial charge is 0.437 e. The second kappa shape index (κ2) is 5.38. The summed E-state index contributed by atoms with van der Waals surface area (Å²) in [6, 6.07) is 7.43. The van der Waals surface area contributed by atoms with Gasteiger partial charge in [0, 0.05) is 30.1 Å². The van der Waals surface area contributed by atoms with Gasteiger partial charge in [0.05, 0.1) is 24.3 Å². The average Bonchev–Trinajstić information content (AvgIpc) is 3.20. The number of hydrogen-bond acceptors (Lipinski definition) is 5. The van der Waals surface area contributed by atoms with Crippen LogP contribution >= 0.6 is 0 Å². The number of nitrogens with zero attached hydrogens (tertiary/aromatic N) is 5. The zero-order valence-electron chi connectivity index (χ0n) is 13.3. The molecule has 1 aromatic carbocycles. The minimum atomic E-state index is 0.475. The number of hydrogen-bond donors (Lipinski definition) is 1. The van der Waals surface area contributed by atoms with Gasteiger partial charge in [0.25, 0.3) is 0 Å². The lowest BCUT2D eigenvalue weighted by Gasteiger charge is -2.11. The summed E-state index contributed by atoms with van der Waals surface area (Å²) in [4.78, 5) is 4.65. The fourth-order valence-electron chi connectivity index (χ4n) is 2.51. The summed E-state index contributed by atoms with van der Waals surface area (Å²) >= 11 is 0. The smallest absolute Gasteiger partial charge is 0.246 e. The maximum Gasteiger partial charge on any atom is 0.246 e. The van der Waals surface area contributed by atoms with Crippen molar-refractivity contribution in [3.05, 3.63) is 54.6 Å². The first-order valence-electron chi connectivity index (χ1n) is 7.48. The molecule has 0 aliphatic rings. The van der Waals surface area contributed by atoms with Crippen LogP contribution in [0.25, 0.3) is 16.8 Å². The highest BCUT2D eigenvalue weighted by Gasteiger charge is 2.13. The monoisotopic (exact) mass is 320 g/mol. The Kier molecular flexibility index (Phi) is 3.19. The standard InChI is InChI=1S/C17H16N6O/c1-11-13(18)4-3-5-16(11)24-17-15-6-7-19-23(15)10-14(21-17)12-8-20-22(2)9-12/h3-10H,18H2,1-2H3. The highest BCUT2D eigenvalue weighted by molar-refractivity contribution is 5.65. The van der Waals surface area contributed by atoms with Crippen molar-refractivity contribution in [2.45, 2.75) is 6.92 Å². The molecule has 2 N–H and O–H groups in total. The van der Waals surface area contributed by atoms with Gasteiger partial charge in [-0.1, -0.05) is 6.07 Å². The molecule has 0 bridgehead atoms. The van der Waals surface area contributed by atoms with Crippen molar-refractivity contribution in [1.82, 2.24) is 24.4 Å². The van der Waals surface area contributed by atoms with E-state index >= 15 is 0 Å². The number of nitrogens with two attached hydrogens (primary N) is 1. The van der Waals surface area contributed by atoms with Crippen molar-refractivity contribution < 1.29 is 4.74 Å². The van der Waals surface area contributed by atoms with E-state index in [0.717, 1.165) is 22.3 Å². The Morgan fingerprint density at radius 2 is 2.00 bits per heavy atom. The SMILES string of the molecule is Cc1c(N)cccc1Oc1nc(-c2cnn(C)c2)cn2nccc12. The summed E-state index contributed by atoms with van der Waals surface area (Å²) in [5, 5.41) is 8.49. The Hall–Kier alpha value is -3.35. The van der Waals surface area contributed by atoms with Gasteiger partial charge in [0.2, 0.25) is 5.88 Å². The predicted octanol–water partition coefficient (Wildman–Crippen LogP) is 2.81. The van der Waals surface area contributed by atoms with Crippen LogP contribution in [0.2, 0.25) is 0 Å². The van der Waals surface area contributed by atoms with Crippen LogP contribution in [0.4, 0.5) is 5.69 Å². The summed E-state index contributed by atoms with van der Waals surface area (Å²) in [6.07, 6.45) is 7.22. The second-order valence-electron chi connectivity index (χ2n) is 5.57. The Bertz CT molecular complexity index is 1030. The highest BCUT2D eigenvalue weighted by atomic mass is 16.5. The molecule has 0 radical (unpaired) electrons. The minimum absolute atomic E-state index is 0.475. The van der Waals surface area contributed by atoms with Gasteiger partial charge in [0.15, 0.2) is 0 Å². The third kappa shape index (κ3) is 2.36.